The first-order valence-corrected chi connectivity index (χ1v) is 7.21. The van der Waals surface area contributed by atoms with Crippen LogP contribution in [0.4, 0.5) is 0 Å². The normalized spacial score (nSPS) is 10.5. The van der Waals surface area contributed by atoms with Crippen molar-refractivity contribution in [2.45, 2.75) is 13.8 Å². The maximum absolute atomic E-state index is 2.27. The van der Waals surface area contributed by atoms with Crippen molar-refractivity contribution in [3.63, 3.8) is 0 Å². The van der Waals surface area contributed by atoms with E-state index in [4.69, 9.17) is 0 Å². The largest absolute Gasteiger partial charge is 0.0683 e. The summed E-state index contributed by atoms with van der Waals surface area (Å²) in [6.45, 7) is 4.00. The molecule has 0 aromatic heterocycles. The van der Waals surface area contributed by atoms with E-state index in [2.05, 4.69) is 72.8 Å². The van der Waals surface area contributed by atoms with Crippen molar-refractivity contribution in [2.24, 2.45) is 0 Å². The molecule has 0 heterocycles. The average molecular weight is 258 g/mol. The monoisotopic (exact) mass is 258 g/mol. The molecule has 0 bridgehead atoms. The summed E-state index contributed by atoms with van der Waals surface area (Å²) < 4.78 is 0. The van der Waals surface area contributed by atoms with Crippen LogP contribution in [-0.2, 0) is 0 Å². The van der Waals surface area contributed by atoms with Crippen LogP contribution in [0.2, 0.25) is 0 Å². The Morgan fingerprint density at radius 3 is 0.900 bits per heavy atom. The molecule has 0 spiro atoms. The lowest BCUT2D eigenvalue weighted by atomic mass is 10.00. The molecule has 0 saturated carbocycles. The minimum atomic E-state index is 1.31. The topological polar surface area (TPSA) is 0 Å². The zero-order chi connectivity index (χ0) is 13.9. The predicted octanol–water partition coefficient (Wildman–Crippen LogP) is 6.17. The van der Waals surface area contributed by atoms with Gasteiger partial charge in [0.2, 0.25) is 0 Å². The number of benzene rings is 4. The van der Waals surface area contributed by atoms with Gasteiger partial charge in [-0.1, -0.05) is 62.4 Å². The zero-order valence-corrected chi connectivity index (χ0v) is 11.9. The minimum absolute atomic E-state index is 1.31. The van der Waals surface area contributed by atoms with Crippen LogP contribution in [0.25, 0.3) is 32.3 Å². The molecule has 4 aromatic carbocycles. The molecule has 0 atom stereocenters. The molecular weight excluding hydrogens is 240 g/mol. The number of fused-ring (bicyclic) bond motifs is 3. The fourth-order valence-corrected chi connectivity index (χ4v) is 2.63. The van der Waals surface area contributed by atoms with Crippen molar-refractivity contribution in [3.8, 4) is 0 Å². The molecular formula is C20H18. The second-order valence-electron chi connectivity index (χ2n) is 4.75. The van der Waals surface area contributed by atoms with Gasteiger partial charge in [0.05, 0.1) is 0 Å². The van der Waals surface area contributed by atoms with E-state index in [9.17, 15) is 0 Å². The lowest BCUT2D eigenvalue weighted by molar-refractivity contribution is 1.50. The molecule has 0 nitrogen and oxygen atoms in total. The summed E-state index contributed by atoms with van der Waals surface area (Å²) in [4.78, 5) is 0. The molecule has 0 heteroatoms. The van der Waals surface area contributed by atoms with Crippen LogP contribution in [0.1, 0.15) is 13.8 Å². The van der Waals surface area contributed by atoms with Gasteiger partial charge in [-0.05, 0) is 56.6 Å². The van der Waals surface area contributed by atoms with E-state index in [1.54, 1.807) is 0 Å². The highest BCUT2D eigenvalue weighted by Gasteiger charge is 2.00. The Bertz CT molecular complexity index is 728. The Labute approximate surface area is 119 Å². The second kappa shape index (κ2) is 5.34. The Morgan fingerprint density at radius 2 is 0.650 bits per heavy atom. The molecule has 0 N–H and O–H groups in total. The Balaban J connectivity index is 0.000000581. The molecule has 4 aromatic rings. The van der Waals surface area contributed by atoms with Crippen LogP contribution in [-0.4, -0.2) is 0 Å². The van der Waals surface area contributed by atoms with Gasteiger partial charge in [0, 0.05) is 0 Å². The average Bonchev–Trinajstić information content (AvgIpc) is 2.52. The quantitative estimate of drug-likeness (QED) is 0.331. The fourth-order valence-electron chi connectivity index (χ4n) is 2.63. The van der Waals surface area contributed by atoms with E-state index < -0.39 is 0 Å². The van der Waals surface area contributed by atoms with Crippen LogP contribution < -0.4 is 0 Å². The smallest absolute Gasteiger partial charge is 0.0171 e. The van der Waals surface area contributed by atoms with Crippen LogP contribution in [0.5, 0.6) is 0 Å². The fraction of sp³-hybridized carbons (Fsp3) is 0.100. The SMILES string of the molecule is CC.c1ccc2cc3cc4ccccc4cc3cc2c1. The molecule has 98 valence electrons. The maximum Gasteiger partial charge on any atom is -0.0171 e. The van der Waals surface area contributed by atoms with E-state index >= 15 is 0 Å². The van der Waals surface area contributed by atoms with E-state index in [-0.39, 0.29) is 0 Å². The lowest BCUT2D eigenvalue weighted by Crippen LogP contribution is -1.78. The standard InChI is InChI=1S/C18H12.C2H6/c1-2-6-14-10-18-12-16-8-4-3-7-15(16)11-17(18)9-13(14)5-1;1-2/h1-12H;1-2H3. The highest BCUT2D eigenvalue weighted by Crippen LogP contribution is 2.27. The van der Waals surface area contributed by atoms with Gasteiger partial charge in [-0.25, -0.2) is 0 Å². The van der Waals surface area contributed by atoms with Gasteiger partial charge in [-0.2, -0.15) is 0 Å². The van der Waals surface area contributed by atoms with E-state index in [0.29, 0.717) is 0 Å². The number of rotatable bonds is 0. The molecule has 0 aliphatic carbocycles. The molecule has 4 rings (SSSR count). The third-order valence-corrected chi connectivity index (χ3v) is 3.57. The third kappa shape index (κ3) is 2.14. The molecule has 0 amide bonds. The lowest BCUT2D eigenvalue weighted by Gasteiger charge is -2.04. The summed E-state index contributed by atoms with van der Waals surface area (Å²) in [5.41, 5.74) is 0. The molecule has 0 radical (unpaired) electrons. The van der Waals surface area contributed by atoms with Crippen molar-refractivity contribution in [1.82, 2.24) is 0 Å². The second-order valence-corrected chi connectivity index (χ2v) is 4.75. The molecule has 0 aliphatic heterocycles. The van der Waals surface area contributed by atoms with Crippen molar-refractivity contribution < 1.29 is 0 Å². The summed E-state index contributed by atoms with van der Waals surface area (Å²) in [5.74, 6) is 0. The molecule has 0 aliphatic rings. The van der Waals surface area contributed by atoms with E-state index in [1.165, 1.54) is 32.3 Å². The van der Waals surface area contributed by atoms with Crippen LogP contribution in [0.3, 0.4) is 0 Å². The summed E-state index contributed by atoms with van der Waals surface area (Å²) in [6, 6.07) is 26.2. The van der Waals surface area contributed by atoms with Gasteiger partial charge in [0.25, 0.3) is 0 Å². The van der Waals surface area contributed by atoms with E-state index in [0.717, 1.165) is 0 Å². The van der Waals surface area contributed by atoms with Crippen LogP contribution in [0, 0.1) is 0 Å². The van der Waals surface area contributed by atoms with Gasteiger partial charge in [-0.15, -0.1) is 0 Å². The summed E-state index contributed by atoms with van der Waals surface area (Å²) in [5, 5.41) is 7.85. The Kier molecular flexibility index (Phi) is 3.39. The molecule has 0 saturated heterocycles. The first-order chi connectivity index (χ1) is 9.90. The predicted molar refractivity (Wildman–Crippen MR) is 90.3 cm³/mol. The maximum atomic E-state index is 2.27. The molecule has 20 heavy (non-hydrogen) atoms. The molecule has 0 fully saturated rings. The van der Waals surface area contributed by atoms with Crippen molar-refractivity contribution in [1.29, 1.82) is 0 Å². The van der Waals surface area contributed by atoms with Gasteiger partial charge >= 0.3 is 0 Å². The van der Waals surface area contributed by atoms with E-state index in [1.807, 2.05) is 13.8 Å². The van der Waals surface area contributed by atoms with Crippen molar-refractivity contribution in [3.05, 3.63) is 72.8 Å². The summed E-state index contributed by atoms with van der Waals surface area (Å²) in [7, 11) is 0. The number of hydrogen-bond donors (Lipinski definition) is 0. The van der Waals surface area contributed by atoms with Crippen LogP contribution in [0.15, 0.2) is 72.8 Å². The highest BCUT2D eigenvalue weighted by atomic mass is 14.0. The van der Waals surface area contributed by atoms with Crippen LogP contribution >= 0.6 is 0 Å². The first-order valence-electron chi connectivity index (χ1n) is 7.21. The minimum Gasteiger partial charge on any atom is -0.0683 e. The van der Waals surface area contributed by atoms with Gasteiger partial charge in [-0.3, -0.25) is 0 Å². The first kappa shape index (κ1) is 12.7. The number of hydrogen-bond acceptors (Lipinski definition) is 0. The summed E-state index contributed by atoms with van der Waals surface area (Å²) in [6.07, 6.45) is 0. The van der Waals surface area contributed by atoms with Crippen molar-refractivity contribution >= 4 is 32.3 Å². The van der Waals surface area contributed by atoms with Crippen molar-refractivity contribution in [2.75, 3.05) is 0 Å². The Hall–Kier alpha value is -2.34. The Morgan fingerprint density at radius 1 is 0.400 bits per heavy atom. The highest BCUT2D eigenvalue weighted by molar-refractivity contribution is 6.04. The third-order valence-electron chi connectivity index (χ3n) is 3.57. The zero-order valence-electron chi connectivity index (χ0n) is 11.9. The van der Waals surface area contributed by atoms with Gasteiger partial charge in [0.1, 0.15) is 0 Å². The van der Waals surface area contributed by atoms with Gasteiger partial charge < -0.3 is 0 Å². The van der Waals surface area contributed by atoms with Gasteiger partial charge in [0.15, 0.2) is 0 Å². The molecule has 0 unspecified atom stereocenters. The summed E-state index contributed by atoms with van der Waals surface area (Å²) >= 11 is 0.